The van der Waals surface area contributed by atoms with Crippen molar-refractivity contribution in [2.45, 2.75) is 0 Å². The van der Waals surface area contributed by atoms with Crippen LogP contribution in [-0.2, 0) is 4.79 Å². The van der Waals surface area contributed by atoms with Crippen molar-refractivity contribution in [1.82, 2.24) is 0 Å². The summed E-state index contributed by atoms with van der Waals surface area (Å²) in [6.45, 7) is 2.96. The van der Waals surface area contributed by atoms with E-state index >= 15 is 0 Å². The first-order valence-corrected chi connectivity index (χ1v) is 1.12. The van der Waals surface area contributed by atoms with Crippen molar-refractivity contribution in [2.24, 2.45) is 0 Å². The molecule has 0 unspecified atom stereocenters. The van der Waals surface area contributed by atoms with Crippen molar-refractivity contribution in [2.75, 3.05) is 0 Å². The van der Waals surface area contributed by atoms with Gasteiger partial charge in [-0.05, 0) is 0 Å². The number of carboxylic acid groups (broad SMARTS) is 1. The van der Waals surface area contributed by atoms with E-state index in [1.807, 2.05) is 0 Å². The molecule has 0 aliphatic heterocycles. The number of rotatable bonds is 1. The van der Waals surface area contributed by atoms with Gasteiger partial charge < -0.3 is 5.11 Å². The van der Waals surface area contributed by atoms with Crippen LogP contribution in [-0.4, -0.2) is 35.0 Å². The first-order valence-electron chi connectivity index (χ1n) is 1.12. The molecule has 0 aromatic heterocycles. The molecular formula is C3H8O2Sn. The third-order valence-corrected chi connectivity index (χ3v) is 0.175. The summed E-state index contributed by atoms with van der Waals surface area (Å²) in [5.41, 5.74) is 0. The molecule has 2 nitrogen and oxygen atoms in total. The summed E-state index contributed by atoms with van der Waals surface area (Å²) in [4.78, 5) is 9.25. The molecule has 0 spiro atoms. The molecule has 0 aromatic rings. The third kappa shape index (κ3) is 8.99. The fourth-order valence-corrected chi connectivity index (χ4v) is 0. The van der Waals surface area contributed by atoms with E-state index < -0.39 is 5.97 Å². The van der Waals surface area contributed by atoms with Crippen LogP contribution < -0.4 is 0 Å². The van der Waals surface area contributed by atoms with Crippen molar-refractivity contribution in [3.63, 3.8) is 0 Å². The van der Waals surface area contributed by atoms with Crippen LogP contribution in [0.5, 0.6) is 0 Å². The van der Waals surface area contributed by atoms with Gasteiger partial charge in [-0.25, -0.2) is 4.79 Å². The van der Waals surface area contributed by atoms with Gasteiger partial charge in [-0.3, -0.25) is 0 Å². The number of carbonyl (C=O) groups is 1. The van der Waals surface area contributed by atoms with E-state index in [0.29, 0.717) is 0 Å². The minimum absolute atomic E-state index is 0. The fourth-order valence-electron chi connectivity index (χ4n) is 0. The predicted molar refractivity (Wildman–Crippen MR) is 29.2 cm³/mol. The summed E-state index contributed by atoms with van der Waals surface area (Å²) in [6.07, 6.45) is 0.833. The summed E-state index contributed by atoms with van der Waals surface area (Å²) in [6, 6.07) is 0. The molecule has 6 heavy (non-hydrogen) atoms. The van der Waals surface area contributed by atoms with E-state index in [9.17, 15) is 4.79 Å². The van der Waals surface area contributed by atoms with Crippen molar-refractivity contribution in [3.8, 4) is 0 Å². The monoisotopic (exact) mass is 196 g/mol. The van der Waals surface area contributed by atoms with E-state index in [4.69, 9.17) is 5.11 Å². The standard InChI is InChI=1S/C3H4O2.Sn.4H/c1-2-3(4)5;;;;;/h2H,1H2,(H,4,5);;;;;. The molecule has 0 radical (unpaired) electrons. The molecular weight excluding hydrogens is 187 g/mol. The van der Waals surface area contributed by atoms with Gasteiger partial charge in [0.15, 0.2) is 0 Å². The Morgan fingerprint density at radius 1 is 1.83 bits per heavy atom. The van der Waals surface area contributed by atoms with Crippen LogP contribution in [0.2, 0.25) is 0 Å². The third-order valence-electron chi connectivity index (χ3n) is 0.175. The summed E-state index contributed by atoms with van der Waals surface area (Å²) >= 11 is 0. The second-order valence-electron chi connectivity index (χ2n) is 0.542. The van der Waals surface area contributed by atoms with Crippen LogP contribution in [0.3, 0.4) is 0 Å². The van der Waals surface area contributed by atoms with E-state index in [2.05, 4.69) is 6.58 Å². The SMILES string of the molecule is C=CC(=O)O.[SnH4]. The van der Waals surface area contributed by atoms with E-state index in [-0.39, 0.29) is 23.9 Å². The molecule has 0 aliphatic carbocycles. The predicted octanol–water partition coefficient (Wildman–Crippen LogP) is -1.19. The maximum absolute atomic E-state index is 9.25. The van der Waals surface area contributed by atoms with Crippen molar-refractivity contribution < 1.29 is 9.90 Å². The van der Waals surface area contributed by atoms with Crippen molar-refractivity contribution in [3.05, 3.63) is 12.7 Å². The maximum atomic E-state index is 9.25. The van der Waals surface area contributed by atoms with E-state index in [0.717, 1.165) is 6.08 Å². The van der Waals surface area contributed by atoms with Crippen LogP contribution >= 0.6 is 0 Å². The van der Waals surface area contributed by atoms with Crippen molar-refractivity contribution in [1.29, 1.82) is 0 Å². The van der Waals surface area contributed by atoms with Gasteiger partial charge in [0.05, 0.1) is 0 Å². The summed E-state index contributed by atoms with van der Waals surface area (Å²) in [7, 11) is 0. The van der Waals surface area contributed by atoms with Gasteiger partial charge in [-0.1, -0.05) is 6.58 Å². The molecule has 0 heterocycles. The Morgan fingerprint density at radius 3 is 2.00 bits per heavy atom. The van der Waals surface area contributed by atoms with Crippen LogP contribution in [0.15, 0.2) is 12.7 Å². The molecule has 0 saturated carbocycles. The normalized spacial score (nSPS) is 5.33. The fraction of sp³-hybridized carbons (Fsp3) is 0. The molecule has 0 amide bonds. The van der Waals surface area contributed by atoms with E-state index in [1.165, 1.54) is 0 Å². The van der Waals surface area contributed by atoms with Crippen LogP contribution in [0.1, 0.15) is 0 Å². The zero-order chi connectivity index (χ0) is 4.28. The van der Waals surface area contributed by atoms with Gasteiger partial charge in [0, 0.05) is 6.08 Å². The zero-order valence-electron chi connectivity index (χ0n) is 2.64. The van der Waals surface area contributed by atoms with Crippen LogP contribution in [0.4, 0.5) is 0 Å². The van der Waals surface area contributed by atoms with Gasteiger partial charge in [0.1, 0.15) is 0 Å². The molecule has 0 aromatic carbocycles. The molecule has 0 rings (SSSR count). The van der Waals surface area contributed by atoms with E-state index in [1.54, 1.807) is 0 Å². The Balaban J connectivity index is 0. The Morgan fingerprint density at radius 2 is 2.00 bits per heavy atom. The van der Waals surface area contributed by atoms with Crippen molar-refractivity contribution >= 4 is 29.9 Å². The summed E-state index contributed by atoms with van der Waals surface area (Å²) in [5.74, 6) is -0.981. The molecule has 0 aliphatic rings. The van der Waals surface area contributed by atoms with Crippen LogP contribution in [0.25, 0.3) is 0 Å². The first kappa shape index (κ1) is 9.38. The molecule has 0 bridgehead atoms. The minimum atomic E-state index is -0.981. The quantitative estimate of drug-likeness (QED) is 0.421. The van der Waals surface area contributed by atoms with Gasteiger partial charge in [0.25, 0.3) is 0 Å². The van der Waals surface area contributed by atoms with Gasteiger partial charge in [-0.15, -0.1) is 0 Å². The zero-order valence-corrected chi connectivity index (χ0v) is 2.64. The number of hydrogen-bond acceptors (Lipinski definition) is 1. The molecule has 0 atom stereocenters. The molecule has 36 valence electrons. The second-order valence-corrected chi connectivity index (χ2v) is 0.542. The molecule has 0 saturated heterocycles. The van der Waals surface area contributed by atoms with Gasteiger partial charge in [0.2, 0.25) is 0 Å². The van der Waals surface area contributed by atoms with Gasteiger partial charge >= 0.3 is 29.9 Å². The molecule has 3 heteroatoms. The second kappa shape index (κ2) is 5.01. The Kier molecular flexibility index (Phi) is 7.83. The summed E-state index contributed by atoms with van der Waals surface area (Å²) < 4.78 is 0. The Bertz CT molecular complexity index is 59.8. The molecule has 0 fully saturated rings. The Hall–Kier alpha value is 0.00870. The topological polar surface area (TPSA) is 37.3 Å². The Labute approximate surface area is 52.8 Å². The summed E-state index contributed by atoms with van der Waals surface area (Å²) in [5, 5.41) is 7.60. The molecule has 1 N–H and O–H groups in total. The van der Waals surface area contributed by atoms with Crippen LogP contribution in [0, 0.1) is 0 Å². The number of carboxylic acids is 1. The average Bonchev–Trinajstić information content (AvgIpc) is 1.38. The average molecular weight is 195 g/mol. The first-order chi connectivity index (χ1) is 2.27. The number of hydrogen-bond donors (Lipinski definition) is 1. The number of aliphatic carboxylic acids is 1. The van der Waals surface area contributed by atoms with Gasteiger partial charge in [-0.2, -0.15) is 0 Å².